The lowest BCUT2D eigenvalue weighted by molar-refractivity contribution is 0.466. The maximum Gasteiger partial charge on any atom is 0.276 e. The molecular formula is C18H16Cl2N2OS2. The predicted octanol–water partition coefficient (Wildman–Crippen LogP) is 6.54. The van der Waals surface area contributed by atoms with Gasteiger partial charge in [-0.3, -0.25) is 0 Å². The number of rotatable bonds is 6. The number of nitrogens with zero attached hydrogens (tertiary/aromatic N) is 2. The topological polar surface area (TPSA) is 38.9 Å². The van der Waals surface area contributed by atoms with Gasteiger partial charge in [0.2, 0.25) is 5.89 Å². The average molecular weight is 411 g/mol. The Hall–Kier alpha value is -1.14. The third-order valence-corrected chi connectivity index (χ3v) is 6.43. The summed E-state index contributed by atoms with van der Waals surface area (Å²) in [4.78, 5) is 0.983. The summed E-state index contributed by atoms with van der Waals surface area (Å²) in [5, 5.41) is 10.2. The number of thioether (sulfide) groups is 2. The molecule has 3 nitrogen and oxygen atoms in total. The Labute approximate surface area is 165 Å². The van der Waals surface area contributed by atoms with Crippen LogP contribution in [0.1, 0.15) is 11.1 Å². The van der Waals surface area contributed by atoms with Crippen LogP contribution in [0.15, 0.2) is 50.9 Å². The zero-order valence-electron chi connectivity index (χ0n) is 13.8. The van der Waals surface area contributed by atoms with Crippen LogP contribution in [0, 0.1) is 13.8 Å². The molecule has 0 radical (unpaired) electrons. The van der Waals surface area contributed by atoms with Crippen LogP contribution in [0.2, 0.25) is 10.0 Å². The van der Waals surface area contributed by atoms with Crippen molar-refractivity contribution in [2.75, 3.05) is 11.5 Å². The molecular weight excluding hydrogens is 395 g/mol. The van der Waals surface area contributed by atoms with E-state index in [9.17, 15) is 0 Å². The molecule has 0 aliphatic carbocycles. The maximum absolute atomic E-state index is 6.16. The summed E-state index contributed by atoms with van der Waals surface area (Å²) < 4.78 is 5.74. The van der Waals surface area contributed by atoms with Crippen LogP contribution < -0.4 is 0 Å². The van der Waals surface area contributed by atoms with Gasteiger partial charge in [-0.15, -0.1) is 22.0 Å². The molecule has 0 N–H and O–H groups in total. The van der Waals surface area contributed by atoms with Crippen molar-refractivity contribution in [3.8, 4) is 11.5 Å². The number of hydrogen-bond acceptors (Lipinski definition) is 5. The van der Waals surface area contributed by atoms with Crippen molar-refractivity contribution in [3.05, 3.63) is 57.6 Å². The number of halogens is 2. The van der Waals surface area contributed by atoms with E-state index in [1.807, 2.05) is 18.2 Å². The minimum atomic E-state index is 0.552. The van der Waals surface area contributed by atoms with Crippen LogP contribution in [0.25, 0.3) is 11.5 Å². The fraction of sp³-hybridized carbons (Fsp3) is 0.222. The average Bonchev–Trinajstić information content (AvgIpc) is 3.06. The number of aromatic nitrogens is 2. The standard InChI is InChI=1S/C18H16Cl2N2OS2/c1-11-3-4-13(9-12(11)2)17-21-22-18(23-17)25-8-7-24-16-10-14(19)5-6-15(16)20/h3-6,9-10H,7-8H2,1-2H3. The number of benzene rings is 2. The summed E-state index contributed by atoms with van der Waals surface area (Å²) in [6, 6.07) is 11.6. The van der Waals surface area contributed by atoms with Crippen molar-refractivity contribution < 1.29 is 4.42 Å². The lowest BCUT2D eigenvalue weighted by Crippen LogP contribution is -1.85. The van der Waals surface area contributed by atoms with Gasteiger partial charge >= 0.3 is 0 Å². The Kier molecular flexibility index (Phi) is 6.34. The van der Waals surface area contributed by atoms with Gasteiger partial charge in [0.05, 0.1) is 5.02 Å². The second-order valence-electron chi connectivity index (χ2n) is 5.44. The predicted molar refractivity (Wildman–Crippen MR) is 107 cm³/mol. The second-order valence-corrected chi connectivity index (χ2v) is 8.47. The van der Waals surface area contributed by atoms with Crippen molar-refractivity contribution in [2.45, 2.75) is 24.0 Å². The van der Waals surface area contributed by atoms with Crippen LogP contribution in [0.5, 0.6) is 0 Å². The molecule has 25 heavy (non-hydrogen) atoms. The molecule has 0 saturated heterocycles. The Morgan fingerprint density at radius 3 is 2.52 bits per heavy atom. The minimum Gasteiger partial charge on any atom is -0.411 e. The largest absolute Gasteiger partial charge is 0.411 e. The Morgan fingerprint density at radius 1 is 0.920 bits per heavy atom. The first kappa shape index (κ1) is 18.6. The SMILES string of the molecule is Cc1ccc(-c2nnc(SCCSc3cc(Cl)ccc3Cl)o2)cc1C. The van der Waals surface area contributed by atoms with Crippen LogP contribution in [-0.2, 0) is 0 Å². The summed E-state index contributed by atoms with van der Waals surface area (Å²) in [6.07, 6.45) is 0. The van der Waals surface area contributed by atoms with Gasteiger partial charge in [-0.2, -0.15) is 0 Å². The van der Waals surface area contributed by atoms with Gasteiger partial charge in [0, 0.05) is 27.0 Å². The highest BCUT2D eigenvalue weighted by Crippen LogP contribution is 2.31. The molecule has 0 amide bonds. The van der Waals surface area contributed by atoms with Crippen molar-refractivity contribution in [3.63, 3.8) is 0 Å². The van der Waals surface area contributed by atoms with E-state index >= 15 is 0 Å². The van der Waals surface area contributed by atoms with Gasteiger partial charge in [-0.25, -0.2) is 0 Å². The lowest BCUT2D eigenvalue weighted by Gasteiger charge is -2.03. The fourth-order valence-corrected chi connectivity index (χ4v) is 4.36. The highest BCUT2D eigenvalue weighted by molar-refractivity contribution is 8.02. The molecule has 1 aromatic heterocycles. The zero-order chi connectivity index (χ0) is 17.8. The normalized spacial score (nSPS) is 11.0. The highest BCUT2D eigenvalue weighted by atomic mass is 35.5. The van der Waals surface area contributed by atoms with Gasteiger partial charge in [-0.1, -0.05) is 41.0 Å². The molecule has 0 unspecified atom stereocenters. The van der Waals surface area contributed by atoms with E-state index in [-0.39, 0.29) is 0 Å². The zero-order valence-corrected chi connectivity index (χ0v) is 16.9. The third-order valence-electron chi connectivity index (χ3n) is 3.62. The van der Waals surface area contributed by atoms with E-state index in [1.54, 1.807) is 17.8 Å². The Bertz CT molecular complexity index is 883. The van der Waals surface area contributed by atoms with Crippen molar-refractivity contribution in [2.24, 2.45) is 0 Å². The molecule has 0 aliphatic heterocycles. The van der Waals surface area contributed by atoms with Crippen molar-refractivity contribution >= 4 is 46.7 Å². The third kappa shape index (κ3) is 4.94. The summed E-state index contributed by atoms with van der Waals surface area (Å²) in [7, 11) is 0. The maximum atomic E-state index is 6.16. The number of aryl methyl sites for hydroxylation is 2. The molecule has 0 aliphatic rings. The first-order valence-corrected chi connectivity index (χ1v) is 10.4. The van der Waals surface area contributed by atoms with E-state index < -0.39 is 0 Å². The van der Waals surface area contributed by atoms with Crippen molar-refractivity contribution in [1.82, 2.24) is 10.2 Å². The molecule has 0 spiro atoms. The molecule has 130 valence electrons. The van der Waals surface area contributed by atoms with Crippen LogP contribution in [0.3, 0.4) is 0 Å². The molecule has 0 saturated carbocycles. The van der Waals surface area contributed by atoms with Crippen LogP contribution in [0.4, 0.5) is 0 Å². The van der Waals surface area contributed by atoms with Gasteiger partial charge in [0.1, 0.15) is 0 Å². The van der Waals surface area contributed by atoms with Gasteiger partial charge < -0.3 is 4.42 Å². The smallest absolute Gasteiger partial charge is 0.276 e. The highest BCUT2D eigenvalue weighted by Gasteiger charge is 2.10. The Balaban J connectivity index is 1.55. The lowest BCUT2D eigenvalue weighted by atomic mass is 10.1. The van der Waals surface area contributed by atoms with Crippen LogP contribution in [-0.4, -0.2) is 21.7 Å². The number of hydrogen-bond donors (Lipinski definition) is 0. The first-order chi connectivity index (χ1) is 12.0. The first-order valence-electron chi connectivity index (χ1n) is 7.65. The summed E-state index contributed by atoms with van der Waals surface area (Å²) in [5.41, 5.74) is 3.40. The van der Waals surface area contributed by atoms with Gasteiger partial charge in [-0.05, 0) is 55.3 Å². The van der Waals surface area contributed by atoms with Crippen LogP contribution >= 0.6 is 46.7 Å². The summed E-state index contributed by atoms with van der Waals surface area (Å²) >= 11 is 15.4. The summed E-state index contributed by atoms with van der Waals surface area (Å²) in [6.45, 7) is 4.15. The van der Waals surface area contributed by atoms with E-state index in [0.29, 0.717) is 21.2 Å². The molecule has 3 rings (SSSR count). The van der Waals surface area contributed by atoms with Gasteiger partial charge in [0.25, 0.3) is 5.22 Å². The molecule has 3 aromatic rings. The Morgan fingerprint density at radius 2 is 1.72 bits per heavy atom. The van der Waals surface area contributed by atoms with Crippen molar-refractivity contribution in [1.29, 1.82) is 0 Å². The van der Waals surface area contributed by atoms with E-state index in [2.05, 4.69) is 36.2 Å². The van der Waals surface area contributed by atoms with Gasteiger partial charge in [0.15, 0.2) is 0 Å². The molecule has 0 atom stereocenters. The molecule has 0 bridgehead atoms. The molecule has 0 fully saturated rings. The molecule has 1 heterocycles. The quantitative estimate of drug-likeness (QED) is 0.340. The molecule has 2 aromatic carbocycles. The van der Waals surface area contributed by atoms with E-state index in [0.717, 1.165) is 22.0 Å². The van der Waals surface area contributed by atoms with E-state index in [4.69, 9.17) is 27.6 Å². The fourth-order valence-electron chi connectivity index (χ4n) is 2.13. The van der Waals surface area contributed by atoms with E-state index in [1.165, 1.54) is 22.9 Å². The molecule has 7 heteroatoms. The minimum absolute atomic E-state index is 0.552. The monoisotopic (exact) mass is 410 g/mol. The summed E-state index contributed by atoms with van der Waals surface area (Å²) in [5.74, 6) is 2.25. The second kappa shape index (κ2) is 8.49.